The van der Waals surface area contributed by atoms with Crippen LogP contribution in [0.25, 0.3) is 0 Å². The molecule has 2 heteroatoms. The first-order valence-electron chi connectivity index (χ1n) is 5.13. The summed E-state index contributed by atoms with van der Waals surface area (Å²) >= 11 is 0. The Bertz CT molecular complexity index is 388. The van der Waals surface area contributed by atoms with E-state index < -0.39 is 5.41 Å². The summed E-state index contributed by atoms with van der Waals surface area (Å²) in [4.78, 5) is 0. The van der Waals surface area contributed by atoms with Crippen LogP contribution in [0, 0.1) is 11.3 Å². The maximum absolute atomic E-state index is 9.13. The molecule has 80 valence electrons. The summed E-state index contributed by atoms with van der Waals surface area (Å²) in [5, 5.41) is 9.13. The Balaban J connectivity index is 3.31. The predicted molar refractivity (Wildman–Crippen MR) is 61.0 cm³/mol. The zero-order valence-corrected chi connectivity index (χ0v) is 9.79. The van der Waals surface area contributed by atoms with Crippen molar-refractivity contribution in [2.75, 3.05) is 7.11 Å². The van der Waals surface area contributed by atoms with Gasteiger partial charge in [0, 0.05) is 5.56 Å². The van der Waals surface area contributed by atoms with Crippen LogP contribution in [-0.2, 0) is 11.8 Å². The number of hydrogen-bond donors (Lipinski definition) is 0. The lowest BCUT2D eigenvalue weighted by atomic mass is 9.84. The van der Waals surface area contributed by atoms with Crippen LogP contribution in [0.2, 0.25) is 0 Å². The third-order valence-corrected chi connectivity index (χ3v) is 2.62. The van der Waals surface area contributed by atoms with Gasteiger partial charge in [-0.25, -0.2) is 0 Å². The quantitative estimate of drug-likeness (QED) is 0.756. The fourth-order valence-electron chi connectivity index (χ4n) is 1.52. The molecule has 2 nitrogen and oxygen atoms in total. The van der Waals surface area contributed by atoms with E-state index in [1.54, 1.807) is 7.11 Å². The zero-order valence-electron chi connectivity index (χ0n) is 9.79. The molecule has 1 rings (SSSR count). The highest BCUT2D eigenvalue weighted by Gasteiger charge is 2.24. The Hall–Kier alpha value is -1.49. The normalized spacial score (nSPS) is 10.9. The van der Waals surface area contributed by atoms with Gasteiger partial charge in [-0.05, 0) is 31.9 Å². The Morgan fingerprint density at radius 2 is 2.07 bits per heavy atom. The molecule has 0 aliphatic rings. The number of benzene rings is 1. The maximum Gasteiger partial charge on any atom is 0.123 e. The number of ether oxygens (including phenoxy) is 1. The summed E-state index contributed by atoms with van der Waals surface area (Å²) in [5.41, 5.74) is 1.69. The Labute approximate surface area is 91.5 Å². The van der Waals surface area contributed by atoms with E-state index in [9.17, 15) is 0 Å². The molecule has 0 aliphatic heterocycles. The molecule has 0 aliphatic carbocycles. The van der Waals surface area contributed by atoms with E-state index in [0.717, 1.165) is 17.7 Å². The Morgan fingerprint density at radius 3 is 2.53 bits per heavy atom. The average molecular weight is 203 g/mol. The second-order valence-corrected chi connectivity index (χ2v) is 4.12. The van der Waals surface area contributed by atoms with Gasteiger partial charge in [-0.1, -0.05) is 19.1 Å². The summed E-state index contributed by atoms with van der Waals surface area (Å²) in [6.45, 7) is 5.92. The van der Waals surface area contributed by atoms with Gasteiger partial charge in [-0.3, -0.25) is 0 Å². The van der Waals surface area contributed by atoms with Crippen molar-refractivity contribution in [2.45, 2.75) is 32.6 Å². The van der Waals surface area contributed by atoms with Crippen molar-refractivity contribution in [3.05, 3.63) is 29.3 Å². The summed E-state index contributed by atoms with van der Waals surface area (Å²) in [7, 11) is 1.64. The van der Waals surface area contributed by atoms with Gasteiger partial charge in [0.05, 0.1) is 18.6 Å². The largest absolute Gasteiger partial charge is 0.496 e. The molecule has 0 radical (unpaired) electrons. The first-order valence-corrected chi connectivity index (χ1v) is 5.13. The maximum atomic E-state index is 9.13. The van der Waals surface area contributed by atoms with Crippen LogP contribution in [0.3, 0.4) is 0 Å². The molecule has 0 heterocycles. The van der Waals surface area contributed by atoms with Crippen LogP contribution < -0.4 is 4.74 Å². The minimum absolute atomic E-state index is 0.503. The van der Waals surface area contributed by atoms with Crippen molar-refractivity contribution in [3.8, 4) is 11.8 Å². The summed E-state index contributed by atoms with van der Waals surface area (Å²) < 4.78 is 5.28. The molecule has 1 aromatic carbocycles. The second-order valence-electron chi connectivity index (χ2n) is 4.12. The van der Waals surface area contributed by atoms with E-state index >= 15 is 0 Å². The second kappa shape index (κ2) is 4.35. The number of hydrogen-bond acceptors (Lipinski definition) is 2. The first-order chi connectivity index (χ1) is 7.05. The van der Waals surface area contributed by atoms with Crippen molar-refractivity contribution in [1.29, 1.82) is 5.26 Å². The van der Waals surface area contributed by atoms with Crippen molar-refractivity contribution >= 4 is 0 Å². The first kappa shape index (κ1) is 11.6. The zero-order chi connectivity index (χ0) is 11.5. The summed E-state index contributed by atoms with van der Waals surface area (Å²) in [6, 6.07) is 8.34. The topological polar surface area (TPSA) is 33.0 Å². The lowest BCUT2D eigenvalue weighted by molar-refractivity contribution is 0.402. The van der Waals surface area contributed by atoms with Crippen LogP contribution in [0.4, 0.5) is 0 Å². The van der Waals surface area contributed by atoms with Crippen molar-refractivity contribution in [3.63, 3.8) is 0 Å². The molecular weight excluding hydrogens is 186 g/mol. The molecule has 0 saturated heterocycles. The van der Waals surface area contributed by atoms with Crippen LogP contribution in [0.1, 0.15) is 31.9 Å². The van der Waals surface area contributed by atoms with Gasteiger partial charge in [-0.15, -0.1) is 0 Å². The lowest BCUT2D eigenvalue weighted by Crippen LogP contribution is -2.15. The molecule has 1 aromatic rings. The highest BCUT2D eigenvalue weighted by Crippen LogP contribution is 2.31. The molecule has 0 N–H and O–H groups in total. The van der Waals surface area contributed by atoms with Crippen LogP contribution in [0.15, 0.2) is 18.2 Å². The highest BCUT2D eigenvalue weighted by molar-refractivity contribution is 5.45. The van der Waals surface area contributed by atoms with Gasteiger partial charge < -0.3 is 4.74 Å². The van der Waals surface area contributed by atoms with E-state index in [1.807, 2.05) is 26.0 Å². The molecule has 0 bridgehead atoms. The predicted octanol–water partition coefficient (Wildman–Crippen LogP) is 3.06. The van der Waals surface area contributed by atoms with Crippen molar-refractivity contribution in [2.24, 2.45) is 0 Å². The van der Waals surface area contributed by atoms with E-state index in [-0.39, 0.29) is 0 Å². The van der Waals surface area contributed by atoms with Gasteiger partial charge in [-0.2, -0.15) is 5.26 Å². The van der Waals surface area contributed by atoms with Crippen molar-refractivity contribution < 1.29 is 4.74 Å². The SMILES string of the molecule is CCc1ccc(OC)c(C(C)(C)C#N)c1. The standard InChI is InChI=1S/C13H17NO/c1-5-10-6-7-12(15-4)11(8-10)13(2,3)9-14/h6-8H,5H2,1-4H3. The van der Waals surface area contributed by atoms with Gasteiger partial charge >= 0.3 is 0 Å². The lowest BCUT2D eigenvalue weighted by Gasteiger charge is -2.20. The summed E-state index contributed by atoms with van der Waals surface area (Å²) in [6.07, 6.45) is 0.971. The molecule has 0 saturated carbocycles. The third kappa shape index (κ3) is 2.30. The van der Waals surface area contributed by atoms with E-state index in [0.29, 0.717) is 0 Å². The van der Waals surface area contributed by atoms with Gasteiger partial charge in [0.15, 0.2) is 0 Å². The third-order valence-electron chi connectivity index (χ3n) is 2.62. The number of methoxy groups -OCH3 is 1. The monoisotopic (exact) mass is 203 g/mol. The fourth-order valence-corrected chi connectivity index (χ4v) is 1.52. The van der Waals surface area contributed by atoms with Crippen LogP contribution in [-0.4, -0.2) is 7.11 Å². The number of nitriles is 1. The van der Waals surface area contributed by atoms with Gasteiger partial charge in [0.1, 0.15) is 5.75 Å². The van der Waals surface area contributed by atoms with E-state index in [2.05, 4.69) is 19.1 Å². The molecule has 0 spiro atoms. The minimum Gasteiger partial charge on any atom is -0.496 e. The molecule has 0 fully saturated rings. The highest BCUT2D eigenvalue weighted by atomic mass is 16.5. The molecule has 0 amide bonds. The minimum atomic E-state index is -0.503. The van der Waals surface area contributed by atoms with Gasteiger partial charge in [0.2, 0.25) is 0 Å². The molecule has 0 atom stereocenters. The van der Waals surface area contributed by atoms with Crippen LogP contribution in [0.5, 0.6) is 5.75 Å². The van der Waals surface area contributed by atoms with E-state index in [1.165, 1.54) is 5.56 Å². The smallest absolute Gasteiger partial charge is 0.123 e. The van der Waals surface area contributed by atoms with Gasteiger partial charge in [0.25, 0.3) is 0 Å². The molecule has 0 unspecified atom stereocenters. The Morgan fingerprint density at radius 1 is 1.40 bits per heavy atom. The Kier molecular flexibility index (Phi) is 3.36. The number of aryl methyl sites for hydroxylation is 1. The van der Waals surface area contributed by atoms with Crippen LogP contribution >= 0.6 is 0 Å². The molecule has 0 aromatic heterocycles. The summed E-state index contributed by atoms with van der Waals surface area (Å²) in [5.74, 6) is 0.791. The fraction of sp³-hybridized carbons (Fsp3) is 0.462. The molecular formula is C13H17NO. The average Bonchev–Trinajstić information content (AvgIpc) is 2.28. The number of rotatable bonds is 3. The number of nitrogens with zero attached hydrogens (tertiary/aromatic N) is 1. The van der Waals surface area contributed by atoms with E-state index in [4.69, 9.17) is 10.00 Å². The van der Waals surface area contributed by atoms with Crippen molar-refractivity contribution in [1.82, 2.24) is 0 Å². The molecule has 15 heavy (non-hydrogen) atoms.